The van der Waals surface area contributed by atoms with Crippen LogP contribution in [0, 0.1) is 0 Å². The number of carbonyl (C=O) groups is 2. The third-order valence-electron chi connectivity index (χ3n) is 3.46. The van der Waals surface area contributed by atoms with E-state index in [1.165, 1.54) is 0 Å². The fraction of sp³-hybridized carbons (Fsp3) is 0.800. The van der Waals surface area contributed by atoms with Crippen molar-refractivity contribution in [3.63, 3.8) is 0 Å². The molecule has 2 rings (SSSR count). The molecule has 1 atom stereocenters. The molecule has 1 saturated carbocycles. The lowest BCUT2D eigenvalue weighted by Crippen LogP contribution is -2.73. The molecule has 1 unspecified atom stereocenters. The molecule has 72 valence electrons. The Morgan fingerprint density at radius 2 is 2.00 bits per heavy atom. The molecule has 0 N–H and O–H groups in total. The molecule has 0 bridgehead atoms. The Labute approximate surface area is 78.1 Å². The third-order valence-corrected chi connectivity index (χ3v) is 3.46. The molecule has 3 heteroatoms. The van der Waals surface area contributed by atoms with Crippen molar-refractivity contribution in [2.75, 3.05) is 0 Å². The van der Waals surface area contributed by atoms with Crippen molar-refractivity contribution in [1.82, 2.24) is 4.90 Å². The zero-order chi connectivity index (χ0) is 9.64. The summed E-state index contributed by atoms with van der Waals surface area (Å²) in [6.07, 6.45) is 3.94. The van der Waals surface area contributed by atoms with Gasteiger partial charge in [0.1, 0.15) is 5.54 Å². The Bertz CT molecular complexity index is 266. The molecule has 0 aromatic heterocycles. The summed E-state index contributed by atoms with van der Waals surface area (Å²) in [6.45, 7) is 3.39. The van der Waals surface area contributed by atoms with Gasteiger partial charge in [0.05, 0.1) is 6.04 Å². The first kappa shape index (κ1) is 8.73. The first-order chi connectivity index (χ1) is 6.09. The first-order valence-corrected chi connectivity index (χ1v) is 4.94. The van der Waals surface area contributed by atoms with Crippen molar-refractivity contribution in [3.8, 4) is 0 Å². The van der Waals surface area contributed by atoms with Gasteiger partial charge < -0.3 is 4.90 Å². The van der Waals surface area contributed by atoms with Crippen LogP contribution in [0.2, 0.25) is 0 Å². The van der Waals surface area contributed by atoms with E-state index in [0.29, 0.717) is 0 Å². The van der Waals surface area contributed by atoms with Crippen LogP contribution in [-0.2, 0) is 9.59 Å². The number of Topliss-reactive ketones (excluding diaryl/α,β-unsaturated/α-hetero) is 1. The summed E-state index contributed by atoms with van der Waals surface area (Å²) in [7, 11) is 0. The van der Waals surface area contributed by atoms with Gasteiger partial charge >= 0.3 is 0 Å². The van der Waals surface area contributed by atoms with Gasteiger partial charge in [0.15, 0.2) is 5.78 Å². The van der Waals surface area contributed by atoms with Gasteiger partial charge in [-0.25, -0.2) is 0 Å². The number of hydrogen-bond donors (Lipinski definition) is 0. The van der Waals surface area contributed by atoms with Crippen LogP contribution in [-0.4, -0.2) is 28.2 Å². The number of amides is 1. The number of carbonyl (C=O) groups excluding carboxylic acids is 2. The highest BCUT2D eigenvalue weighted by Crippen LogP contribution is 2.45. The van der Waals surface area contributed by atoms with Gasteiger partial charge in [0, 0.05) is 6.92 Å². The molecule has 13 heavy (non-hydrogen) atoms. The molecule has 1 spiro atoms. The summed E-state index contributed by atoms with van der Waals surface area (Å²) < 4.78 is 0. The van der Waals surface area contributed by atoms with Crippen LogP contribution in [0.3, 0.4) is 0 Å². The maximum atomic E-state index is 11.7. The molecule has 0 aromatic rings. The van der Waals surface area contributed by atoms with Crippen LogP contribution in [0.25, 0.3) is 0 Å². The number of nitrogens with zero attached hydrogens (tertiary/aromatic N) is 1. The lowest BCUT2D eigenvalue weighted by Gasteiger charge is -2.53. The second-order valence-corrected chi connectivity index (χ2v) is 4.17. The molecule has 3 nitrogen and oxygen atoms in total. The number of likely N-dealkylation sites (tertiary alicyclic amines) is 1. The van der Waals surface area contributed by atoms with Crippen LogP contribution < -0.4 is 0 Å². The fourth-order valence-electron chi connectivity index (χ4n) is 2.95. The van der Waals surface area contributed by atoms with E-state index in [4.69, 9.17) is 0 Å². The van der Waals surface area contributed by atoms with Crippen molar-refractivity contribution in [2.24, 2.45) is 0 Å². The monoisotopic (exact) mass is 181 g/mol. The van der Waals surface area contributed by atoms with E-state index in [9.17, 15) is 9.59 Å². The number of ketones is 1. The summed E-state index contributed by atoms with van der Waals surface area (Å²) >= 11 is 0. The van der Waals surface area contributed by atoms with E-state index in [0.717, 1.165) is 25.7 Å². The van der Waals surface area contributed by atoms with E-state index in [2.05, 4.69) is 0 Å². The molecule has 1 heterocycles. The van der Waals surface area contributed by atoms with E-state index < -0.39 is 0 Å². The Morgan fingerprint density at radius 3 is 2.46 bits per heavy atom. The Balaban J connectivity index is 2.27. The average Bonchev–Trinajstić information content (AvgIpc) is 2.54. The van der Waals surface area contributed by atoms with E-state index in [1.807, 2.05) is 6.92 Å². The van der Waals surface area contributed by atoms with Gasteiger partial charge in [-0.05, 0) is 19.8 Å². The van der Waals surface area contributed by atoms with Crippen LogP contribution in [0.15, 0.2) is 0 Å². The lowest BCUT2D eigenvalue weighted by atomic mass is 9.76. The summed E-state index contributed by atoms with van der Waals surface area (Å²) in [5, 5.41) is 0. The largest absolute Gasteiger partial charge is 0.320 e. The van der Waals surface area contributed by atoms with Crippen LogP contribution in [0.1, 0.15) is 39.5 Å². The first-order valence-electron chi connectivity index (χ1n) is 4.94. The second kappa shape index (κ2) is 2.56. The SMILES string of the molecule is CC(=O)N1C(C)C(=O)C12CCCC2. The average molecular weight is 181 g/mol. The fourth-order valence-corrected chi connectivity index (χ4v) is 2.95. The van der Waals surface area contributed by atoms with Gasteiger partial charge in [-0.15, -0.1) is 0 Å². The van der Waals surface area contributed by atoms with Crippen molar-refractivity contribution in [2.45, 2.75) is 51.1 Å². The van der Waals surface area contributed by atoms with Gasteiger partial charge in [0.2, 0.25) is 5.91 Å². The molecule has 1 aliphatic carbocycles. The predicted octanol–water partition coefficient (Wildman–Crippen LogP) is 1.12. The second-order valence-electron chi connectivity index (χ2n) is 4.17. The lowest BCUT2D eigenvalue weighted by molar-refractivity contribution is -0.169. The topological polar surface area (TPSA) is 37.4 Å². The normalized spacial score (nSPS) is 30.8. The van der Waals surface area contributed by atoms with Gasteiger partial charge in [-0.2, -0.15) is 0 Å². The highest BCUT2D eigenvalue weighted by molar-refractivity contribution is 6.05. The van der Waals surface area contributed by atoms with Crippen LogP contribution in [0.4, 0.5) is 0 Å². The standard InChI is InChI=1S/C10H15NO2/c1-7-9(13)10(5-3-4-6-10)11(7)8(2)12/h7H,3-6H2,1-2H3. The van der Waals surface area contributed by atoms with Gasteiger partial charge in [-0.1, -0.05) is 12.8 Å². The zero-order valence-corrected chi connectivity index (χ0v) is 8.17. The maximum Gasteiger partial charge on any atom is 0.220 e. The Morgan fingerprint density at radius 1 is 1.46 bits per heavy atom. The van der Waals surface area contributed by atoms with E-state index >= 15 is 0 Å². The molecule has 2 aliphatic rings. The highest BCUT2D eigenvalue weighted by atomic mass is 16.2. The number of hydrogen-bond acceptors (Lipinski definition) is 2. The minimum absolute atomic E-state index is 0.0500. The Kier molecular flexibility index (Phi) is 1.72. The van der Waals surface area contributed by atoms with Crippen molar-refractivity contribution in [3.05, 3.63) is 0 Å². The summed E-state index contributed by atoms with van der Waals surface area (Å²) in [6, 6.07) is -0.171. The molecular formula is C10H15NO2. The Hall–Kier alpha value is -0.860. The molecule has 1 amide bonds. The van der Waals surface area contributed by atoms with Crippen molar-refractivity contribution < 1.29 is 9.59 Å². The number of rotatable bonds is 0. The summed E-state index contributed by atoms with van der Waals surface area (Å²) in [4.78, 5) is 24.8. The van der Waals surface area contributed by atoms with Crippen LogP contribution >= 0.6 is 0 Å². The quantitative estimate of drug-likeness (QED) is 0.561. The molecule has 1 saturated heterocycles. The van der Waals surface area contributed by atoms with Crippen molar-refractivity contribution in [1.29, 1.82) is 0 Å². The highest BCUT2D eigenvalue weighted by Gasteiger charge is 2.59. The predicted molar refractivity (Wildman–Crippen MR) is 48.2 cm³/mol. The smallest absolute Gasteiger partial charge is 0.220 e. The minimum atomic E-state index is -0.370. The molecule has 0 aromatic carbocycles. The van der Waals surface area contributed by atoms with E-state index in [-0.39, 0.29) is 23.3 Å². The molecule has 1 aliphatic heterocycles. The third kappa shape index (κ3) is 0.901. The van der Waals surface area contributed by atoms with Gasteiger partial charge in [0.25, 0.3) is 0 Å². The van der Waals surface area contributed by atoms with Crippen molar-refractivity contribution >= 4 is 11.7 Å². The van der Waals surface area contributed by atoms with E-state index in [1.54, 1.807) is 11.8 Å². The molecule has 2 fully saturated rings. The zero-order valence-electron chi connectivity index (χ0n) is 8.17. The van der Waals surface area contributed by atoms with Gasteiger partial charge in [-0.3, -0.25) is 9.59 Å². The molecule has 0 radical (unpaired) electrons. The molecular weight excluding hydrogens is 166 g/mol. The summed E-state index contributed by atoms with van der Waals surface area (Å²) in [5.74, 6) is 0.328. The minimum Gasteiger partial charge on any atom is -0.320 e. The maximum absolute atomic E-state index is 11.7. The summed E-state index contributed by atoms with van der Waals surface area (Å²) in [5.41, 5.74) is -0.370. The van der Waals surface area contributed by atoms with Crippen LogP contribution in [0.5, 0.6) is 0 Å².